The summed E-state index contributed by atoms with van der Waals surface area (Å²) in [5.74, 6) is -0.187. The molecule has 1 heterocycles. The van der Waals surface area contributed by atoms with Crippen molar-refractivity contribution in [3.63, 3.8) is 0 Å². The predicted molar refractivity (Wildman–Crippen MR) is 131 cm³/mol. The number of fused-ring (bicyclic) bond motifs is 1. The Hall–Kier alpha value is -4.66. The second-order valence-corrected chi connectivity index (χ2v) is 7.80. The van der Waals surface area contributed by atoms with Gasteiger partial charge in [0, 0.05) is 40.6 Å². The maximum Gasteiger partial charge on any atom is 0.323 e. The number of carbonyl (C=O) groups excluding carboxylic acids is 2. The van der Waals surface area contributed by atoms with Gasteiger partial charge in [0.2, 0.25) is 5.91 Å². The minimum Gasteiger partial charge on any atom is -0.348 e. The number of non-ortho nitro benzene ring substituents is 1. The van der Waals surface area contributed by atoms with Crippen molar-refractivity contribution < 1.29 is 14.5 Å². The van der Waals surface area contributed by atoms with Gasteiger partial charge in [0.05, 0.1) is 11.0 Å². The standard InChI is InChI=1S/C25H23N5O4/c1-17(18-7-9-21(10-8-18)28-25(32)27-20-5-3-2-4-6-20)26-24(31)16-29-14-13-19-15-22(30(33)34)11-12-23(19)29/h2-15,17H,16H2,1H3,(H,26,31)(H2,27,28,32). The van der Waals surface area contributed by atoms with E-state index in [1.807, 2.05) is 37.3 Å². The quantitative estimate of drug-likeness (QED) is 0.265. The van der Waals surface area contributed by atoms with Gasteiger partial charge in [-0.15, -0.1) is 0 Å². The highest BCUT2D eigenvalue weighted by Crippen LogP contribution is 2.22. The molecule has 0 saturated heterocycles. The van der Waals surface area contributed by atoms with Gasteiger partial charge in [-0.3, -0.25) is 14.9 Å². The van der Waals surface area contributed by atoms with Crippen molar-refractivity contribution in [2.75, 3.05) is 10.6 Å². The minimum atomic E-state index is -0.443. The number of rotatable bonds is 7. The van der Waals surface area contributed by atoms with Crippen molar-refractivity contribution >= 4 is 39.9 Å². The summed E-state index contributed by atoms with van der Waals surface area (Å²) < 4.78 is 1.75. The van der Waals surface area contributed by atoms with Crippen LogP contribution in [0.2, 0.25) is 0 Å². The SMILES string of the molecule is CC(NC(=O)Cn1ccc2cc([N+](=O)[O-])ccc21)c1ccc(NC(=O)Nc2ccccc2)cc1. The minimum absolute atomic E-state index is 0.0128. The van der Waals surface area contributed by atoms with Gasteiger partial charge in [-0.2, -0.15) is 0 Å². The van der Waals surface area contributed by atoms with E-state index in [9.17, 15) is 19.7 Å². The largest absolute Gasteiger partial charge is 0.348 e. The molecule has 3 N–H and O–H groups in total. The summed E-state index contributed by atoms with van der Waals surface area (Å²) in [4.78, 5) is 35.2. The fourth-order valence-electron chi connectivity index (χ4n) is 3.63. The normalized spacial score (nSPS) is 11.6. The third kappa shape index (κ3) is 5.39. The topological polar surface area (TPSA) is 118 Å². The van der Waals surface area contributed by atoms with E-state index in [1.54, 1.807) is 47.2 Å². The maximum absolute atomic E-state index is 12.6. The Morgan fingerprint density at radius 3 is 2.29 bits per heavy atom. The zero-order chi connectivity index (χ0) is 24.1. The van der Waals surface area contributed by atoms with Crippen LogP contribution in [-0.2, 0) is 11.3 Å². The van der Waals surface area contributed by atoms with E-state index < -0.39 is 4.92 Å². The molecular formula is C25H23N5O4. The number of hydrogen-bond donors (Lipinski definition) is 3. The first-order valence-electron chi connectivity index (χ1n) is 10.6. The zero-order valence-electron chi connectivity index (χ0n) is 18.4. The van der Waals surface area contributed by atoms with Gasteiger partial charge in [0.25, 0.3) is 5.69 Å². The number of nitrogens with one attached hydrogen (secondary N) is 3. The van der Waals surface area contributed by atoms with Crippen LogP contribution in [-0.4, -0.2) is 21.4 Å². The number of nitrogens with zero attached hydrogens (tertiary/aromatic N) is 2. The van der Waals surface area contributed by atoms with Gasteiger partial charge >= 0.3 is 6.03 Å². The molecule has 4 rings (SSSR count). The van der Waals surface area contributed by atoms with Crippen molar-refractivity contribution in [2.24, 2.45) is 0 Å². The molecule has 0 fully saturated rings. The molecule has 0 bridgehead atoms. The van der Waals surface area contributed by atoms with Crippen LogP contribution in [0.4, 0.5) is 21.9 Å². The molecule has 0 aliphatic carbocycles. The lowest BCUT2D eigenvalue weighted by Gasteiger charge is -2.16. The van der Waals surface area contributed by atoms with E-state index in [1.165, 1.54) is 12.1 Å². The average molecular weight is 457 g/mol. The summed E-state index contributed by atoms with van der Waals surface area (Å²) in [6.07, 6.45) is 1.74. The predicted octanol–water partition coefficient (Wildman–Crippen LogP) is 5.07. The van der Waals surface area contributed by atoms with E-state index in [0.717, 1.165) is 11.1 Å². The fraction of sp³-hybridized carbons (Fsp3) is 0.120. The van der Waals surface area contributed by atoms with Crippen LogP contribution >= 0.6 is 0 Å². The van der Waals surface area contributed by atoms with Gasteiger partial charge in [-0.1, -0.05) is 30.3 Å². The highest BCUT2D eigenvalue weighted by molar-refractivity contribution is 5.99. The van der Waals surface area contributed by atoms with Crippen LogP contribution in [0, 0.1) is 10.1 Å². The van der Waals surface area contributed by atoms with Crippen molar-refractivity contribution in [3.05, 3.63) is 101 Å². The van der Waals surface area contributed by atoms with Crippen molar-refractivity contribution in [1.82, 2.24) is 9.88 Å². The van der Waals surface area contributed by atoms with Gasteiger partial charge < -0.3 is 20.5 Å². The molecule has 0 radical (unpaired) electrons. The summed E-state index contributed by atoms with van der Waals surface area (Å²) in [6.45, 7) is 1.96. The average Bonchev–Trinajstić information content (AvgIpc) is 3.21. The van der Waals surface area contributed by atoms with E-state index in [4.69, 9.17) is 0 Å². The zero-order valence-corrected chi connectivity index (χ0v) is 18.4. The number of hydrogen-bond acceptors (Lipinski definition) is 4. The number of para-hydroxylation sites is 1. The number of carbonyl (C=O) groups is 2. The van der Waals surface area contributed by atoms with E-state index >= 15 is 0 Å². The summed E-state index contributed by atoms with van der Waals surface area (Å²) >= 11 is 0. The number of amides is 3. The van der Waals surface area contributed by atoms with Crippen LogP contribution in [0.5, 0.6) is 0 Å². The van der Waals surface area contributed by atoms with Gasteiger partial charge in [0.15, 0.2) is 0 Å². The number of nitro benzene ring substituents is 1. The molecule has 3 aromatic carbocycles. The number of anilines is 2. The Labute approximate surface area is 195 Å². The lowest BCUT2D eigenvalue weighted by Crippen LogP contribution is -2.29. The number of urea groups is 1. The number of benzene rings is 3. The van der Waals surface area contributed by atoms with E-state index in [2.05, 4.69) is 16.0 Å². The fourth-order valence-corrected chi connectivity index (χ4v) is 3.63. The molecule has 34 heavy (non-hydrogen) atoms. The molecule has 172 valence electrons. The van der Waals surface area contributed by atoms with E-state index in [0.29, 0.717) is 16.8 Å². The molecule has 3 amide bonds. The molecule has 0 saturated carbocycles. The molecule has 0 spiro atoms. The first-order chi connectivity index (χ1) is 16.4. The maximum atomic E-state index is 12.6. The van der Waals surface area contributed by atoms with Crippen LogP contribution < -0.4 is 16.0 Å². The molecular weight excluding hydrogens is 434 g/mol. The van der Waals surface area contributed by atoms with Gasteiger partial charge in [-0.25, -0.2) is 4.79 Å². The second kappa shape index (κ2) is 9.86. The van der Waals surface area contributed by atoms with E-state index in [-0.39, 0.29) is 30.2 Å². The Kier molecular flexibility index (Phi) is 6.54. The van der Waals surface area contributed by atoms with Crippen molar-refractivity contribution in [2.45, 2.75) is 19.5 Å². The molecule has 1 atom stereocenters. The third-order valence-corrected chi connectivity index (χ3v) is 5.36. The molecule has 9 nitrogen and oxygen atoms in total. The molecule has 9 heteroatoms. The molecule has 1 aromatic heterocycles. The Balaban J connectivity index is 1.33. The summed E-state index contributed by atoms with van der Waals surface area (Å²) in [7, 11) is 0. The van der Waals surface area contributed by atoms with Crippen molar-refractivity contribution in [1.29, 1.82) is 0 Å². The first-order valence-corrected chi connectivity index (χ1v) is 10.6. The van der Waals surface area contributed by atoms with Crippen LogP contribution in [0.25, 0.3) is 10.9 Å². The first kappa shape index (κ1) is 22.5. The van der Waals surface area contributed by atoms with Crippen LogP contribution in [0.3, 0.4) is 0 Å². The Bertz CT molecular complexity index is 1330. The smallest absolute Gasteiger partial charge is 0.323 e. The number of nitro groups is 1. The summed E-state index contributed by atoms with van der Waals surface area (Å²) in [5, 5.41) is 20.1. The van der Waals surface area contributed by atoms with Gasteiger partial charge in [-0.05, 0) is 48.9 Å². The summed E-state index contributed by atoms with van der Waals surface area (Å²) in [5.41, 5.74) is 2.97. The third-order valence-electron chi connectivity index (χ3n) is 5.36. The van der Waals surface area contributed by atoms with Crippen LogP contribution in [0.15, 0.2) is 85.1 Å². The number of aromatic nitrogens is 1. The highest BCUT2D eigenvalue weighted by Gasteiger charge is 2.13. The summed E-state index contributed by atoms with van der Waals surface area (Å²) in [6, 6.07) is 22.1. The van der Waals surface area contributed by atoms with Gasteiger partial charge in [0.1, 0.15) is 6.54 Å². The highest BCUT2D eigenvalue weighted by atomic mass is 16.6. The lowest BCUT2D eigenvalue weighted by molar-refractivity contribution is -0.384. The molecule has 4 aromatic rings. The molecule has 0 aliphatic heterocycles. The lowest BCUT2D eigenvalue weighted by atomic mass is 10.1. The van der Waals surface area contributed by atoms with Crippen LogP contribution in [0.1, 0.15) is 18.5 Å². The van der Waals surface area contributed by atoms with Crippen molar-refractivity contribution in [3.8, 4) is 0 Å². The molecule has 0 aliphatic rings. The molecule has 1 unspecified atom stereocenters. The Morgan fingerprint density at radius 1 is 0.941 bits per heavy atom. The second-order valence-electron chi connectivity index (χ2n) is 7.80. The monoisotopic (exact) mass is 457 g/mol. The Morgan fingerprint density at radius 2 is 1.62 bits per heavy atom.